The molecule has 2 rings (SSSR count). The lowest BCUT2D eigenvalue weighted by Crippen LogP contribution is -2.15. The van der Waals surface area contributed by atoms with Crippen LogP contribution >= 0.6 is 11.6 Å². The van der Waals surface area contributed by atoms with Gasteiger partial charge in [0, 0.05) is 6.20 Å². The average Bonchev–Trinajstić information content (AvgIpc) is 2.41. The van der Waals surface area contributed by atoms with Crippen molar-refractivity contribution in [1.29, 1.82) is 0 Å². The third kappa shape index (κ3) is 3.54. The Morgan fingerprint density at radius 1 is 1.19 bits per heavy atom. The summed E-state index contributed by atoms with van der Waals surface area (Å²) in [5, 5.41) is 0.257. The van der Waals surface area contributed by atoms with Gasteiger partial charge in [-0.3, -0.25) is 4.72 Å². The molecule has 4 nitrogen and oxygen atoms in total. The van der Waals surface area contributed by atoms with Crippen LogP contribution in [0.5, 0.6) is 0 Å². The summed E-state index contributed by atoms with van der Waals surface area (Å²) in [7, 11) is -3.68. The molecule has 0 unspecified atom stereocenters. The Hall–Kier alpha value is -1.59. The van der Waals surface area contributed by atoms with Crippen LogP contribution in [0.3, 0.4) is 0 Å². The van der Waals surface area contributed by atoms with Crippen LogP contribution in [0.1, 0.15) is 30.9 Å². The molecule has 112 valence electrons. The molecular weight excluding hydrogens is 308 g/mol. The fourth-order valence-electron chi connectivity index (χ4n) is 2.03. The maximum Gasteiger partial charge on any atom is 0.263 e. The van der Waals surface area contributed by atoms with Crippen molar-refractivity contribution in [3.8, 4) is 0 Å². The molecule has 0 saturated carbocycles. The van der Waals surface area contributed by atoms with E-state index in [9.17, 15) is 8.42 Å². The summed E-state index contributed by atoms with van der Waals surface area (Å²) >= 11 is 5.69. The van der Waals surface area contributed by atoms with Crippen molar-refractivity contribution in [2.75, 3.05) is 4.72 Å². The Balaban J connectivity index is 2.44. The van der Waals surface area contributed by atoms with E-state index in [2.05, 4.69) is 9.71 Å². The largest absolute Gasteiger partial charge is 0.279 e. The number of rotatable bonds is 4. The summed E-state index contributed by atoms with van der Waals surface area (Å²) in [4.78, 5) is 3.90. The summed E-state index contributed by atoms with van der Waals surface area (Å²) in [6.07, 6.45) is 1.25. The van der Waals surface area contributed by atoms with Crippen molar-refractivity contribution in [3.63, 3.8) is 0 Å². The first-order valence-electron chi connectivity index (χ1n) is 6.55. The van der Waals surface area contributed by atoms with Gasteiger partial charge < -0.3 is 0 Å². The normalized spacial score (nSPS) is 11.7. The van der Waals surface area contributed by atoms with Gasteiger partial charge in [-0.25, -0.2) is 13.4 Å². The van der Waals surface area contributed by atoms with Crippen molar-refractivity contribution < 1.29 is 8.42 Å². The minimum absolute atomic E-state index is 0.0878. The highest BCUT2D eigenvalue weighted by molar-refractivity contribution is 7.92. The Labute approximate surface area is 130 Å². The number of nitrogens with one attached hydrogen (secondary N) is 1. The second-order valence-corrected chi connectivity index (χ2v) is 7.19. The summed E-state index contributed by atoms with van der Waals surface area (Å²) in [6, 6.07) is 8.62. The van der Waals surface area contributed by atoms with Gasteiger partial charge in [0.25, 0.3) is 10.0 Å². The molecule has 6 heteroatoms. The Morgan fingerprint density at radius 2 is 1.90 bits per heavy atom. The molecule has 1 aromatic heterocycles. The van der Waals surface area contributed by atoms with Crippen molar-refractivity contribution >= 4 is 27.3 Å². The number of nitrogens with zero attached hydrogens (tertiary/aromatic N) is 1. The first-order chi connectivity index (χ1) is 9.81. The van der Waals surface area contributed by atoms with Gasteiger partial charge in [-0.05, 0) is 36.1 Å². The van der Waals surface area contributed by atoms with E-state index in [0.717, 1.165) is 11.1 Å². The van der Waals surface area contributed by atoms with Crippen LogP contribution in [-0.4, -0.2) is 13.4 Å². The molecule has 0 fully saturated rings. The first-order valence-corrected chi connectivity index (χ1v) is 8.41. The number of sulfonamides is 1. The van der Waals surface area contributed by atoms with Crippen molar-refractivity contribution in [2.24, 2.45) is 0 Å². The van der Waals surface area contributed by atoms with E-state index in [1.54, 1.807) is 0 Å². The van der Waals surface area contributed by atoms with Crippen LogP contribution in [-0.2, 0) is 10.0 Å². The van der Waals surface area contributed by atoms with Crippen molar-refractivity contribution in [1.82, 2.24) is 4.98 Å². The van der Waals surface area contributed by atoms with Gasteiger partial charge in [-0.15, -0.1) is 0 Å². The lowest BCUT2D eigenvalue weighted by Gasteiger charge is -2.17. The number of anilines is 1. The van der Waals surface area contributed by atoms with E-state index in [1.165, 1.54) is 18.3 Å². The maximum atomic E-state index is 12.4. The number of aromatic nitrogens is 1. The SMILES string of the molecule is Cc1cccc(C(C)C)c1NS(=O)(=O)c1ccc(Cl)nc1. The molecular formula is C15H17ClN2O2S. The number of pyridine rings is 1. The van der Waals surface area contributed by atoms with Gasteiger partial charge in [0.2, 0.25) is 0 Å². The van der Waals surface area contributed by atoms with Gasteiger partial charge in [0.05, 0.1) is 5.69 Å². The van der Waals surface area contributed by atoms with E-state index in [0.29, 0.717) is 5.69 Å². The summed E-state index contributed by atoms with van der Waals surface area (Å²) < 4.78 is 27.6. The molecule has 0 spiro atoms. The fourth-order valence-corrected chi connectivity index (χ4v) is 3.24. The lowest BCUT2D eigenvalue weighted by molar-refractivity contribution is 0.600. The molecule has 0 atom stereocenters. The van der Waals surface area contributed by atoms with Crippen LogP contribution in [0.4, 0.5) is 5.69 Å². The second kappa shape index (κ2) is 6.03. The van der Waals surface area contributed by atoms with Gasteiger partial charge in [0.15, 0.2) is 0 Å². The molecule has 1 N–H and O–H groups in total. The quantitative estimate of drug-likeness (QED) is 0.866. The number of halogens is 1. The minimum Gasteiger partial charge on any atom is -0.279 e. The van der Waals surface area contributed by atoms with Crippen LogP contribution in [0, 0.1) is 6.92 Å². The van der Waals surface area contributed by atoms with Gasteiger partial charge in [-0.1, -0.05) is 43.6 Å². The Bertz CT molecular complexity index is 741. The number of aryl methyl sites for hydroxylation is 1. The molecule has 0 radical (unpaired) electrons. The highest BCUT2D eigenvalue weighted by atomic mass is 35.5. The summed E-state index contributed by atoms with van der Waals surface area (Å²) in [5.41, 5.74) is 2.47. The van der Waals surface area contributed by atoms with Gasteiger partial charge >= 0.3 is 0 Å². The first kappa shape index (κ1) is 15.8. The van der Waals surface area contributed by atoms with Crippen LogP contribution in [0.2, 0.25) is 5.15 Å². The molecule has 0 amide bonds. The highest BCUT2D eigenvalue weighted by Crippen LogP contribution is 2.29. The van der Waals surface area contributed by atoms with Gasteiger partial charge in [0.1, 0.15) is 10.0 Å². The molecule has 0 saturated heterocycles. The third-order valence-corrected chi connectivity index (χ3v) is 4.73. The highest BCUT2D eigenvalue weighted by Gasteiger charge is 2.18. The zero-order chi connectivity index (χ0) is 15.6. The number of para-hydroxylation sites is 1. The molecule has 0 aliphatic carbocycles. The second-order valence-electron chi connectivity index (χ2n) is 5.12. The van der Waals surface area contributed by atoms with Crippen molar-refractivity contribution in [3.05, 3.63) is 52.8 Å². The summed E-state index contributed by atoms with van der Waals surface area (Å²) in [6.45, 7) is 5.93. The number of benzene rings is 1. The molecule has 0 bridgehead atoms. The molecule has 0 aliphatic heterocycles. The smallest absolute Gasteiger partial charge is 0.263 e. The third-order valence-electron chi connectivity index (χ3n) is 3.17. The van der Waals surface area contributed by atoms with Crippen molar-refractivity contribution in [2.45, 2.75) is 31.6 Å². The van der Waals surface area contributed by atoms with E-state index in [1.807, 2.05) is 39.0 Å². The van der Waals surface area contributed by atoms with E-state index >= 15 is 0 Å². The van der Waals surface area contributed by atoms with Crippen LogP contribution < -0.4 is 4.72 Å². The monoisotopic (exact) mass is 324 g/mol. The zero-order valence-corrected chi connectivity index (χ0v) is 13.7. The van der Waals surface area contributed by atoms with Crippen LogP contribution in [0.25, 0.3) is 0 Å². The topological polar surface area (TPSA) is 59.1 Å². The predicted octanol–water partition coefficient (Wildman–Crippen LogP) is 3.97. The fraction of sp³-hybridized carbons (Fsp3) is 0.267. The van der Waals surface area contributed by atoms with Gasteiger partial charge in [-0.2, -0.15) is 0 Å². The molecule has 0 aliphatic rings. The summed E-state index contributed by atoms with van der Waals surface area (Å²) in [5.74, 6) is 0.214. The molecule has 2 aromatic rings. The Kier molecular flexibility index (Phi) is 4.54. The van der Waals surface area contributed by atoms with E-state index in [4.69, 9.17) is 11.6 Å². The molecule has 21 heavy (non-hydrogen) atoms. The maximum absolute atomic E-state index is 12.4. The van der Waals surface area contributed by atoms with Crippen LogP contribution in [0.15, 0.2) is 41.4 Å². The van der Waals surface area contributed by atoms with E-state index in [-0.39, 0.29) is 16.0 Å². The Morgan fingerprint density at radius 3 is 2.48 bits per heavy atom. The average molecular weight is 325 g/mol. The molecule has 1 aromatic carbocycles. The van der Waals surface area contributed by atoms with E-state index < -0.39 is 10.0 Å². The predicted molar refractivity (Wildman–Crippen MR) is 85.3 cm³/mol. The molecule has 1 heterocycles. The lowest BCUT2D eigenvalue weighted by atomic mass is 9.99. The number of hydrogen-bond acceptors (Lipinski definition) is 3. The zero-order valence-electron chi connectivity index (χ0n) is 12.1. The minimum atomic E-state index is -3.68. The standard InChI is InChI=1S/C15H17ClN2O2S/c1-10(2)13-6-4-5-11(3)15(13)18-21(19,20)12-7-8-14(16)17-9-12/h4-10,18H,1-3H3. The number of hydrogen-bond donors (Lipinski definition) is 1.